The van der Waals surface area contributed by atoms with Gasteiger partial charge in [-0.1, -0.05) is 6.42 Å². The summed E-state index contributed by atoms with van der Waals surface area (Å²) < 4.78 is 38.1. The number of hydrogen-bond donors (Lipinski definition) is 2. The van der Waals surface area contributed by atoms with Gasteiger partial charge in [-0.3, -0.25) is 4.79 Å². The number of hydrogen-bond acceptors (Lipinski definition) is 2. The summed E-state index contributed by atoms with van der Waals surface area (Å²) in [5.74, 6) is -1.36. The fourth-order valence-electron chi connectivity index (χ4n) is 3.23. The van der Waals surface area contributed by atoms with Gasteiger partial charge in [0.25, 0.3) is 0 Å². The van der Waals surface area contributed by atoms with Crippen molar-refractivity contribution in [1.82, 2.24) is 10.6 Å². The quantitative estimate of drug-likeness (QED) is 0.836. The standard InChI is InChI=1S/C14H23F3N2O/c15-14(16,17)10-3-1-4-12(9-10)19-13(20)7-6-11-5-2-8-18-11/h10-12,18H,1-9H2,(H,19,20). The van der Waals surface area contributed by atoms with Crippen molar-refractivity contribution in [3.63, 3.8) is 0 Å². The monoisotopic (exact) mass is 292 g/mol. The molecule has 1 heterocycles. The summed E-state index contributed by atoms with van der Waals surface area (Å²) in [5.41, 5.74) is 0. The largest absolute Gasteiger partial charge is 0.391 e. The van der Waals surface area contributed by atoms with Crippen molar-refractivity contribution in [2.24, 2.45) is 5.92 Å². The molecule has 2 aliphatic rings. The molecule has 3 unspecified atom stereocenters. The van der Waals surface area contributed by atoms with E-state index in [4.69, 9.17) is 0 Å². The van der Waals surface area contributed by atoms with Crippen LogP contribution in [0.4, 0.5) is 13.2 Å². The zero-order chi connectivity index (χ0) is 14.6. The second kappa shape index (κ2) is 6.78. The van der Waals surface area contributed by atoms with Crippen LogP contribution in [0.2, 0.25) is 0 Å². The average Bonchev–Trinajstić information content (AvgIpc) is 2.89. The highest BCUT2D eigenvalue weighted by Gasteiger charge is 2.42. The van der Waals surface area contributed by atoms with Crippen molar-refractivity contribution in [1.29, 1.82) is 0 Å². The van der Waals surface area contributed by atoms with Crippen LogP contribution in [0.15, 0.2) is 0 Å². The molecule has 1 aliphatic heterocycles. The van der Waals surface area contributed by atoms with Crippen LogP contribution >= 0.6 is 0 Å². The van der Waals surface area contributed by atoms with Crippen molar-refractivity contribution < 1.29 is 18.0 Å². The van der Waals surface area contributed by atoms with Gasteiger partial charge in [0.1, 0.15) is 0 Å². The number of nitrogens with one attached hydrogen (secondary N) is 2. The summed E-state index contributed by atoms with van der Waals surface area (Å²) in [6.07, 6.45) is 0.733. The molecule has 0 aromatic heterocycles. The molecule has 1 amide bonds. The van der Waals surface area contributed by atoms with Gasteiger partial charge in [0.15, 0.2) is 0 Å². The SMILES string of the molecule is O=C(CCC1CCCN1)NC1CCCC(C(F)(F)F)C1. The lowest BCUT2D eigenvalue weighted by Gasteiger charge is -2.31. The fraction of sp³-hybridized carbons (Fsp3) is 0.929. The summed E-state index contributed by atoms with van der Waals surface area (Å²) in [7, 11) is 0. The first-order valence-electron chi connectivity index (χ1n) is 7.54. The Kier molecular flexibility index (Phi) is 5.29. The minimum atomic E-state index is -4.13. The fourth-order valence-corrected chi connectivity index (χ4v) is 3.23. The van der Waals surface area contributed by atoms with Gasteiger partial charge in [0.05, 0.1) is 5.92 Å². The van der Waals surface area contributed by atoms with Gasteiger partial charge in [-0.15, -0.1) is 0 Å². The van der Waals surface area contributed by atoms with Gasteiger partial charge in [0.2, 0.25) is 5.91 Å². The molecule has 3 atom stereocenters. The number of amides is 1. The normalized spacial score (nSPS) is 31.2. The first-order valence-corrected chi connectivity index (χ1v) is 7.54. The van der Waals surface area contributed by atoms with E-state index in [0.29, 0.717) is 25.3 Å². The highest BCUT2D eigenvalue weighted by Crippen LogP contribution is 2.37. The predicted molar refractivity (Wildman–Crippen MR) is 70.2 cm³/mol. The van der Waals surface area contributed by atoms with Crippen LogP contribution in [0.3, 0.4) is 0 Å². The van der Waals surface area contributed by atoms with E-state index in [2.05, 4.69) is 10.6 Å². The van der Waals surface area contributed by atoms with Crippen LogP contribution in [-0.2, 0) is 4.79 Å². The van der Waals surface area contributed by atoms with Gasteiger partial charge < -0.3 is 10.6 Å². The summed E-state index contributed by atoms with van der Waals surface area (Å²) in [5, 5.41) is 6.09. The minimum Gasteiger partial charge on any atom is -0.353 e. The predicted octanol–water partition coefficient (Wildman–Crippen LogP) is 2.76. The molecule has 2 fully saturated rings. The van der Waals surface area contributed by atoms with Crippen LogP contribution in [0, 0.1) is 5.92 Å². The van der Waals surface area contributed by atoms with E-state index < -0.39 is 12.1 Å². The van der Waals surface area contributed by atoms with Gasteiger partial charge in [-0.2, -0.15) is 13.2 Å². The topological polar surface area (TPSA) is 41.1 Å². The third-order valence-electron chi connectivity index (χ3n) is 4.38. The summed E-state index contributed by atoms with van der Waals surface area (Å²) in [6.45, 7) is 1.00. The number of rotatable bonds is 4. The van der Waals surface area contributed by atoms with E-state index >= 15 is 0 Å². The summed E-state index contributed by atoms with van der Waals surface area (Å²) in [4.78, 5) is 11.8. The molecule has 3 nitrogen and oxygen atoms in total. The third kappa shape index (κ3) is 4.65. The maximum atomic E-state index is 12.7. The van der Waals surface area contributed by atoms with Crippen molar-refractivity contribution in [2.75, 3.05) is 6.54 Å². The zero-order valence-electron chi connectivity index (χ0n) is 11.6. The van der Waals surface area contributed by atoms with Crippen molar-refractivity contribution >= 4 is 5.91 Å². The Bertz CT molecular complexity index is 327. The molecule has 0 aromatic rings. The van der Waals surface area contributed by atoms with Crippen LogP contribution in [0.25, 0.3) is 0 Å². The molecule has 2 rings (SSSR count). The van der Waals surface area contributed by atoms with Crippen molar-refractivity contribution in [3.8, 4) is 0 Å². The highest BCUT2D eigenvalue weighted by molar-refractivity contribution is 5.76. The van der Waals surface area contributed by atoms with E-state index in [0.717, 1.165) is 25.8 Å². The lowest BCUT2D eigenvalue weighted by molar-refractivity contribution is -0.184. The molecule has 0 aromatic carbocycles. The molecule has 1 saturated heterocycles. The molecule has 6 heteroatoms. The van der Waals surface area contributed by atoms with Gasteiger partial charge in [-0.25, -0.2) is 0 Å². The van der Waals surface area contributed by atoms with Crippen molar-refractivity contribution in [3.05, 3.63) is 0 Å². The number of carbonyl (C=O) groups excluding carboxylic acids is 1. The molecule has 20 heavy (non-hydrogen) atoms. The zero-order valence-corrected chi connectivity index (χ0v) is 11.6. The van der Waals surface area contributed by atoms with E-state index in [1.165, 1.54) is 0 Å². The van der Waals surface area contributed by atoms with Gasteiger partial charge in [0, 0.05) is 18.5 Å². The van der Waals surface area contributed by atoms with Crippen LogP contribution in [-0.4, -0.2) is 30.7 Å². The Hall–Kier alpha value is -0.780. The van der Waals surface area contributed by atoms with Crippen LogP contribution < -0.4 is 10.6 Å². The average molecular weight is 292 g/mol. The Morgan fingerprint density at radius 1 is 1.20 bits per heavy atom. The second-order valence-electron chi connectivity index (χ2n) is 6.00. The van der Waals surface area contributed by atoms with Crippen LogP contribution in [0.5, 0.6) is 0 Å². The molecule has 1 saturated carbocycles. The first kappa shape index (κ1) is 15.6. The van der Waals surface area contributed by atoms with Crippen LogP contribution in [0.1, 0.15) is 51.4 Å². The summed E-state index contributed by atoms with van der Waals surface area (Å²) in [6, 6.07) is 0.0921. The van der Waals surface area contributed by atoms with Gasteiger partial charge in [-0.05, 0) is 45.1 Å². The number of carbonyl (C=O) groups is 1. The molecule has 0 bridgehead atoms. The lowest BCUT2D eigenvalue weighted by atomic mass is 9.85. The Balaban J connectivity index is 1.70. The molecular formula is C14H23F3N2O. The maximum Gasteiger partial charge on any atom is 0.391 e. The molecule has 2 N–H and O–H groups in total. The van der Waals surface area contributed by atoms with Gasteiger partial charge >= 0.3 is 6.18 Å². The molecule has 0 spiro atoms. The molecule has 116 valence electrons. The minimum absolute atomic E-state index is 0.0386. The Morgan fingerprint density at radius 2 is 2.00 bits per heavy atom. The first-order chi connectivity index (χ1) is 9.45. The smallest absolute Gasteiger partial charge is 0.353 e. The van der Waals surface area contributed by atoms with E-state index in [9.17, 15) is 18.0 Å². The maximum absolute atomic E-state index is 12.7. The Morgan fingerprint density at radius 3 is 2.65 bits per heavy atom. The van der Waals surface area contributed by atoms with E-state index in [-0.39, 0.29) is 24.8 Å². The summed E-state index contributed by atoms with van der Waals surface area (Å²) >= 11 is 0. The van der Waals surface area contributed by atoms with E-state index in [1.807, 2.05) is 0 Å². The molecule has 1 aliphatic carbocycles. The second-order valence-corrected chi connectivity index (χ2v) is 6.00. The number of alkyl halides is 3. The highest BCUT2D eigenvalue weighted by atomic mass is 19.4. The number of halogens is 3. The molecular weight excluding hydrogens is 269 g/mol. The lowest BCUT2D eigenvalue weighted by Crippen LogP contribution is -2.41. The Labute approximate surface area is 117 Å². The van der Waals surface area contributed by atoms with Crippen molar-refractivity contribution in [2.45, 2.75) is 69.6 Å². The third-order valence-corrected chi connectivity index (χ3v) is 4.38. The van der Waals surface area contributed by atoms with E-state index in [1.54, 1.807) is 0 Å². The molecule has 0 radical (unpaired) electrons.